The molecule has 36 heavy (non-hydrogen) atoms. The lowest BCUT2D eigenvalue weighted by Crippen LogP contribution is -2.17. The molecule has 3 aromatic rings. The number of aromatic hydroxyl groups is 1. The Bertz CT molecular complexity index is 1250. The van der Waals surface area contributed by atoms with E-state index >= 15 is 0 Å². The minimum absolute atomic E-state index is 0.0692. The minimum atomic E-state index is -0.381. The molecule has 6 heteroatoms. The molecule has 1 aliphatic rings. The van der Waals surface area contributed by atoms with Gasteiger partial charge in [-0.25, -0.2) is 0 Å². The third-order valence-electron chi connectivity index (χ3n) is 6.31. The van der Waals surface area contributed by atoms with Gasteiger partial charge in [-0.15, -0.1) is 13.2 Å². The van der Waals surface area contributed by atoms with Crippen molar-refractivity contribution in [3.05, 3.63) is 96.1 Å². The van der Waals surface area contributed by atoms with Crippen molar-refractivity contribution >= 4 is 0 Å². The topological polar surface area (TPSA) is 66.4 Å². The van der Waals surface area contributed by atoms with Crippen molar-refractivity contribution in [2.45, 2.75) is 24.9 Å². The van der Waals surface area contributed by atoms with Crippen LogP contribution in [0.2, 0.25) is 0 Å². The van der Waals surface area contributed by atoms with E-state index in [0.717, 1.165) is 28.7 Å². The molecule has 0 radical (unpaired) electrons. The lowest BCUT2D eigenvalue weighted by molar-refractivity contribution is 0.163. The molecule has 0 bridgehead atoms. The van der Waals surface area contributed by atoms with E-state index in [9.17, 15) is 5.11 Å². The molecule has 6 nitrogen and oxygen atoms in total. The molecule has 2 atom stereocenters. The second-order valence-electron chi connectivity index (χ2n) is 8.57. The second-order valence-corrected chi connectivity index (χ2v) is 8.57. The van der Waals surface area contributed by atoms with Crippen molar-refractivity contribution in [2.24, 2.45) is 0 Å². The van der Waals surface area contributed by atoms with Gasteiger partial charge in [-0.2, -0.15) is 0 Å². The van der Waals surface area contributed by atoms with Gasteiger partial charge in [0.2, 0.25) is 0 Å². The van der Waals surface area contributed by atoms with Gasteiger partial charge in [-0.3, -0.25) is 0 Å². The van der Waals surface area contributed by atoms with Gasteiger partial charge in [0.1, 0.15) is 6.10 Å². The Morgan fingerprint density at radius 3 is 2.19 bits per heavy atom. The Kier molecular flexibility index (Phi) is 7.74. The molecular weight excluding hydrogens is 456 g/mol. The van der Waals surface area contributed by atoms with E-state index < -0.39 is 0 Å². The summed E-state index contributed by atoms with van der Waals surface area (Å²) in [6.07, 6.45) is 4.78. The molecule has 0 amide bonds. The van der Waals surface area contributed by atoms with E-state index in [1.807, 2.05) is 42.5 Å². The Balaban J connectivity index is 1.73. The van der Waals surface area contributed by atoms with Gasteiger partial charge in [-0.05, 0) is 59.9 Å². The smallest absolute Gasteiger partial charge is 0.165 e. The molecule has 1 N–H and O–H groups in total. The van der Waals surface area contributed by atoms with Gasteiger partial charge in [0.05, 0.1) is 33.9 Å². The standard InChI is InChI=1S/C30H32O6/c1-6-8-19-10-13-25(27(15-19)33-4)35-18-23-22-14-20(9-7-2)16-28(34-5)30(22)36-29(23)21-11-12-24(31)26(17-21)32-3/h6-7,10-17,23,29,31H,1-2,8-9,18H2,3-5H3/t23-,29+/m0/s1. The summed E-state index contributed by atoms with van der Waals surface area (Å²) in [5.74, 6) is 2.94. The summed E-state index contributed by atoms with van der Waals surface area (Å²) in [5.41, 5.74) is 4.02. The maximum Gasteiger partial charge on any atom is 0.165 e. The van der Waals surface area contributed by atoms with E-state index in [-0.39, 0.29) is 17.8 Å². The summed E-state index contributed by atoms with van der Waals surface area (Å²) >= 11 is 0. The van der Waals surface area contributed by atoms with Crippen LogP contribution in [0.25, 0.3) is 0 Å². The molecule has 0 aromatic heterocycles. The quantitative estimate of drug-likeness (QED) is 0.326. The van der Waals surface area contributed by atoms with Crippen molar-refractivity contribution in [2.75, 3.05) is 27.9 Å². The van der Waals surface area contributed by atoms with Gasteiger partial charge in [0.15, 0.2) is 34.5 Å². The molecular formula is C30H32O6. The Morgan fingerprint density at radius 1 is 0.806 bits per heavy atom. The zero-order chi connectivity index (χ0) is 25.7. The number of fused-ring (bicyclic) bond motifs is 1. The van der Waals surface area contributed by atoms with Crippen LogP contribution in [-0.4, -0.2) is 33.0 Å². The van der Waals surface area contributed by atoms with Crippen LogP contribution in [0.3, 0.4) is 0 Å². The number of methoxy groups -OCH3 is 3. The van der Waals surface area contributed by atoms with Gasteiger partial charge >= 0.3 is 0 Å². The molecule has 0 saturated heterocycles. The van der Waals surface area contributed by atoms with Crippen LogP contribution in [0.15, 0.2) is 73.8 Å². The van der Waals surface area contributed by atoms with Crippen LogP contribution in [0, 0.1) is 0 Å². The monoisotopic (exact) mass is 488 g/mol. The van der Waals surface area contributed by atoms with Gasteiger partial charge in [0, 0.05) is 5.56 Å². The van der Waals surface area contributed by atoms with Crippen LogP contribution >= 0.6 is 0 Å². The molecule has 0 unspecified atom stereocenters. The molecule has 0 aliphatic carbocycles. The molecule has 0 spiro atoms. The first-order chi connectivity index (χ1) is 17.5. The number of hydrogen-bond donors (Lipinski definition) is 1. The lowest BCUT2D eigenvalue weighted by Gasteiger charge is -2.21. The first-order valence-corrected chi connectivity index (χ1v) is 11.8. The third kappa shape index (κ3) is 4.98. The minimum Gasteiger partial charge on any atom is -0.504 e. The normalized spacial score (nSPS) is 16.0. The van der Waals surface area contributed by atoms with E-state index in [2.05, 4.69) is 19.2 Å². The molecule has 3 aromatic carbocycles. The van der Waals surface area contributed by atoms with Crippen LogP contribution in [0.5, 0.6) is 34.5 Å². The van der Waals surface area contributed by atoms with Crippen LogP contribution in [-0.2, 0) is 12.8 Å². The average Bonchev–Trinajstić information content (AvgIpc) is 3.26. The van der Waals surface area contributed by atoms with Crippen LogP contribution in [0.1, 0.15) is 34.3 Å². The Labute approximate surface area is 212 Å². The van der Waals surface area contributed by atoms with Crippen LogP contribution < -0.4 is 23.7 Å². The number of rotatable bonds is 11. The fourth-order valence-electron chi connectivity index (χ4n) is 4.55. The largest absolute Gasteiger partial charge is 0.504 e. The fourth-order valence-corrected chi connectivity index (χ4v) is 4.55. The Morgan fingerprint density at radius 2 is 1.50 bits per heavy atom. The summed E-state index contributed by atoms with van der Waals surface area (Å²) < 4.78 is 29.4. The zero-order valence-electron chi connectivity index (χ0n) is 21.0. The fraction of sp³-hybridized carbons (Fsp3) is 0.267. The van der Waals surface area contributed by atoms with Gasteiger partial charge in [0.25, 0.3) is 0 Å². The molecule has 188 valence electrons. The predicted octanol–water partition coefficient (Wildman–Crippen LogP) is 6.17. The van der Waals surface area contributed by atoms with Crippen LogP contribution in [0.4, 0.5) is 0 Å². The first kappa shape index (κ1) is 25.0. The van der Waals surface area contributed by atoms with Crippen molar-refractivity contribution in [3.63, 3.8) is 0 Å². The number of allylic oxidation sites excluding steroid dienone is 2. The highest BCUT2D eigenvalue weighted by Crippen LogP contribution is 2.52. The maximum absolute atomic E-state index is 10.1. The van der Waals surface area contributed by atoms with Crippen molar-refractivity contribution < 1.29 is 28.8 Å². The molecule has 1 aliphatic heterocycles. The number of hydrogen-bond acceptors (Lipinski definition) is 6. The third-order valence-corrected chi connectivity index (χ3v) is 6.31. The Hall–Kier alpha value is -4.06. The van der Waals surface area contributed by atoms with Crippen molar-refractivity contribution in [1.82, 2.24) is 0 Å². The highest BCUT2D eigenvalue weighted by Gasteiger charge is 2.39. The summed E-state index contributed by atoms with van der Waals surface area (Å²) in [6, 6.07) is 15.2. The number of phenolic OH excluding ortho intramolecular Hbond substituents is 1. The van der Waals surface area contributed by atoms with E-state index in [1.54, 1.807) is 26.4 Å². The first-order valence-electron chi connectivity index (χ1n) is 11.8. The number of ether oxygens (including phenoxy) is 5. The average molecular weight is 489 g/mol. The van der Waals surface area contributed by atoms with Gasteiger partial charge < -0.3 is 28.8 Å². The summed E-state index contributed by atoms with van der Waals surface area (Å²) in [7, 11) is 4.79. The SMILES string of the molecule is C=CCc1ccc(OC[C@H]2c3cc(CC=C)cc(OC)c3O[C@@H]2c2ccc(O)c(OC)c2)c(OC)c1. The second kappa shape index (κ2) is 11.1. The molecule has 1 heterocycles. The van der Waals surface area contributed by atoms with Crippen molar-refractivity contribution in [3.8, 4) is 34.5 Å². The number of phenols is 1. The van der Waals surface area contributed by atoms with Gasteiger partial charge in [-0.1, -0.05) is 30.4 Å². The van der Waals surface area contributed by atoms with E-state index in [0.29, 0.717) is 41.8 Å². The molecule has 0 fully saturated rings. The summed E-state index contributed by atoms with van der Waals surface area (Å²) in [6.45, 7) is 8.01. The van der Waals surface area contributed by atoms with E-state index in [1.165, 1.54) is 7.11 Å². The molecule has 0 saturated carbocycles. The predicted molar refractivity (Wildman–Crippen MR) is 140 cm³/mol. The number of benzene rings is 3. The van der Waals surface area contributed by atoms with E-state index in [4.69, 9.17) is 23.7 Å². The maximum atomic E-state index is 10.1. The highest BCUT2D eigenvalue weighted by molar-refractivity contribution is 5.56. The highest BCUT2D eigenvalue weighted by atomic mass is 16.5. The lowest BCUT2D eigenvalue weighted by atomic mass is 9.90. The van der Waals surface area contributed by atoms with Crippen molar-refractivity contribution in [1.29, 1.82) is 0 Å². The summed E-state index contributed by atoms with van der Waals surface area (Å²) in [5, 5.41) is 10.1. The molecule has 4 rings (SSSR count). The summed E-state index contributed by atoms with van der Waals surface area (Å²) in [4.78, 5) is 0. The zero-order valence-corrected chi connectivity index (χ0v) is 21.0.